The second-order valence-electron chi connectivity index (χ2n) is 14.1. The Hall–Kier alpha value is -7.00. The molecule has 9 aromatic carbocycles. The van der Waals surface area contributed by atoms with Crippen molar-refractivity contribution in [3.63, 3.8) is 0 Å². The molecule has 0 unspecified atom stereocenters. The highest BCUT2D eigenvalue weighted by Gasteiger charge is 2.17. The van der Waals surface area contributed by atoms with E-state index in [1.54, 1.807) is 0 Å². The smallest absolute Gasteiger partial charge is 0.0462 e. The lowest BCUT2D eigenvalue weighted by Gasteiger charge is -2.26. The molecular weight excluding hydrogens is 695 g/mol. The Kier molecular flexibility index (Phi) is 8.79. The van der Waals surface area contributed by atoms with Crippen LogP contribution in [-0.4, -0.2) is 0 Å². The number of thiophene rings is 1. The van der Waals surface area contributed by atoms with Gasteiger partial charge < -0.3 is 4.90 Å². The Morgan fingerprint density at radius 2 is 0.696 bits per heavy atom. The van der Waals surface area contributed by atoms with Crippen LogP contribution in [0.4, 0.5) is 17.1 Å². The molecule has 1 aromatic heterocycles. The molecule has 10 rings (SSSR count). The molecule has 1 heterocycles. The van der Waals surface area contributed by atoms with E-state index in [9.17, 15) is 0 Å². The van der Waals surface area contributed by atoms with E-state index in [4.69, 9.17) is 0 Å². The molecule has 2 heteroatoms. The fourth-order valence-corrected chi connectivity index (χ4v) is 9.12. The quantitative estimate of drug-likeness (QED) is 0.150. The van der Waals surface area contributed by atoms with Crippen LogP contribution < -0.4 is 4.90 Å². The van der Waals surface area contributed by atoms with Gasteiger partial charge in [0.2, 0.25) is 0 Å². The molecule has 0 fully saturated rings. The predicted molar refractivity (Wildman–Crippen MR) is 241 cm³/mol. The van der Waals surface area contributed by atoms with Crippen LogP contribution in [0.15, 0.2) is 224 Å². The lowest BCUT2D eigenvalue weighted by molar-refractivity contribution is 1.28. The highest BCUT2D eigenvalue weighted by atomic mass is 32.1. The summed E-state index contributed by atoms with van der Waals surface area (Å²) in [5.74, 6) is 0. The molecule has 0 bridgehead atoms. The Balaban J connectivity index is 1.06. The fraction of sp³-hybridized carbons (Fsp3) is 0. The maximum Gasteiger partial charge on any atom is 0.0462 e. The first-order chi connectivity index (χ1) is 27.8. The fourth-order valence-electron chi connectivity index (χ4n) is 7.89. The normalized spacial score (nSPS) is 11.2. The van der Waals surface area contributed by atoms with E-state index in [2.05, 4.69) is 229 Å². The summed E-state index contributed by atoms with van der Waals surface area (Å²) in [4.78, 5) is 2.35. The standard InChI is InChI=1S/C54H37NS/c1-4-13-38(14-5-1)40-23-30-45(31-24-40)55(46-32-25-41(26-33-46)39-15-6-2-7-16-39)47-34-27-42(28-35-47)44-29-36-48(43-17-8-3-9-18-43)52(37-44)51-21-12-20-50-49-19-10-11-22-53(49)56-54(50)51/h1-37H. The molecule has 0 N–H and O–H groups in total. The van der Waals surface area contributed by atoms with Crippen LogP contribution in [0.2, 0.25) is 0 Å². The maximum atomic E-state index is 2.39. The van der Waals surface area contributed by atoms with Gasteiger partial charge in [-0.3, -0.25) is 0 Å². The Morgan fingerprint density at radius 3 is 1.25 bits per heavy atom. The van der Waals surface area contributed by atoms with E-state index >= 15 is 0 Å². The van der Waals surface area contributed by atoms with Gasteiger partial charge in [0.15, 0.2) is 0 Å². The average Bonchev–Trinajstić information content (AvgIpc) is 3.67. The van der Waals surface area contributed by atoms with E-state index in [0.29, 0.717) is 0 Å². The third kappa shape index (κ3) is 6.36. The number of fused-ring (bicyclic) bond motifs is 3. The largest absolute Gasteiger partial charge is 0.311 e. The molecule has 0 atom stereocenters. The molecule has 0 aliphatic heterocycles. The third-order valence-electron chi connectivity index (χ3n) is 10.7. The summed E-state index contributed by atoms with van der Waals surface area (Å²) in [6.07, 6.45) is 0. The van der Waals surface area contributed by atoms with Crippen LogP contribution >= 0.6 is 11.3 Å². The van der Waals surface area contributed by atoms with Crippen LogP contribution in [0.25, 0.3) is 75.8 Å². The van der Waals surface area contributed by atoms with Gasteiger partial charge in [-0.05, 0) is 98.6 Å². The minimum atomic E-state index is 1.10. The van der Waals surface area contributed by atoms with Gasteiger partial charge in [-0.1, -0.05) is 176 Å². The van der Waals surface area contributed by atoms with E-state index in [1.165, 1.54) is 75.8 Å². The van der Waals surface area contributed by atoms with Crippen molar-refractivity contribution in [3.8, 4) is 55.6 Å². The van der Waals surface area contributed by atoms with E-state index in [1.807, 2.05) is 11.3 Å². The number of nitrogens with zero attached hydrogens (tertiary/aromatic N) is 1. The Bertz CT molecular complexity index is 2830. The summed E-state index contributed by atoms with van der Waals surface area (Å²) >= 11 is 1.88. The summed E-state index contributed by atoms with van der Waals surface area (Å²) in [6.45, 7) is 0. The van der Waals surface area contributed by atoms with Crippen molar-refractivity contribution in [2.45, 2.75) is 0 Å². The van der Waals surface area contributed by atoms with Crippen LogP contribution in [-0.2, 0) is 0 Å². The molecule has 0 radical (unpaired) electrons. The molecule has 10 aromatic rings. The second kappa shape index (κ2) is 14.7. The number of anilines is 3. The summed E-state index contributed by atoms with van der Waals surface area (Å²) in [5.41, 5.74) is 15.5. The third-order valence-corrected chi connectivity index (χ3v) is 11.9. The van der Waals surface area contributed by atoms with Gasteiger partial charge in [0.25, 0.3) is 0 Å². The SMILES string of the molecule is c1ccc(-c2ccc(N(c3ccc(-c4ccccc4)cc3)c3ccc(-c4ccc(-c5ccccc5)c(-c5cccc6c5sc5ccccc56)c4)cc3)cc2)cc1. The van der Waals surface area contributed by atoms with Crippen molar-refractivity contribution in [3.05, 3.63) is 224 Å². The zero-order valence-corrected chi connectivity index (χ0v) is 31.5. The Labute approximate surface area is 332 Å². The van der Waals surface area contributed by atoms with Gasteiger partial charge in [-0.25, -0.2) is 0 Å². The molecule has 0 amide bonds. The van der Waals surface area contributed by atoms with Gasteiger partial charge in [0, 0.05) is 42.8 Å². The summed E-state index contributed by atoms with van der Waals surface area (Å²) in [7, 11) is 0. The minimum absolute atomic E-state index is 1.10. The van der Waals surface area contributed by atoms with Crippen LogP contribution in [0.3, 0.4) is 0 Å². The second-order valence-corrected chi connectivity index (χ2v) is 15.2. The zero-order chi connectivity index (χ0) is 37.3. The number of rotatable bonds is 8. The molecule has 0 aliphatic carbocycles. The lowest BCUT2D eigenvalue weighted by Crippen LogP contribution is -2.09. The first kappa shape index (κ1) is 33.6. The van der Waals surface area contributed by atoms with Crippen LogP contribution in [0, 0.1) is 0 Å². The monoisotopic (exact) mass is 731 g/mol. The van der Waals surface area contributed by atoms with Crippen molar-refractivity contribution in [2.24, 2.45) is 0 Å². The van der Waals surface area contributed by atoms with Crippen molar-refractivity contribution in [2.75, 3.05) is 4.90 Å². The first-order valence-corrected chi connectivity index (χ1v) is 19.9. The zero-order valence-electron chi connectivity index (χ0n) is 30.7. The highest BCUT2D eigenvalue weighted by molar-refractivity contribution is 7.26. The van der Waals surface area contributed by atoms with Crippen LogP contribution in [0.1, 0.15) is 0 Å². The average molecular weight is 732 g/mol. The number of benzene rings is 9. The van der Waals surface area contributed by atoms with Crippen molar-refractivity contribution in [1.82, 2.24) is 0 Å². The van der Waals surface area contributed by atoms with E-state index in [-0.39, 0.29) is 0 Å². The van der Waals surface area contributed by atoms with Gasteiger partial charge in [0.1, 0.15) is 0 Å². The molecule has 0 spiro atoms. The topological polar surface area (TPSA) is 3.24 Å². The molecule has 56 heavy (non-hydrogen) atoms. The maximum absolute atomic E-state index is 2.39. The van der Waals surface area contributed by atoms with Gasteiger partial charge in [-0.2, -0.15) is 0 Å². The Morgan fingerprint density at radius 1 is 0.268 bits per heavy atom. The van der Waals surface area contributed by atoms with Crippen molar-refractivity contribution >= 4 is 48.6 Å². The van der Waals surface area contributed by atoms with Crippen LogP contribution in [0.5, 0.6) is 0 Å². The van der Waals surface area contributed by atoms with Gasteiger partial charge in [-0.15, -0.1) is 11.3 Å². The van der Waals surface area contributed by atoms with E-state index < -0.39 is 0 Å². The molecule has 0 saturated heterocycles. The first-order valence-electron chi connectivity index (χ1n) is 19.1. The van der Waals surface area contributed by atoms with Gasteiger partial charge >= 0.3 is 0 Å². The summed E-state index contributed by atoms with van der Waals surface area (Å²) < 4.78 is 2.64. The lowest BCUT2D eigenvalue weighted by atomic mass is 9.90. The van der Waals surface area contributed by atoms with Gasteiger partial charge in [0.05, 0.1) is 0 Å². The number of hydrogen-bond acceptors (Lipinski definition) is 2. The molecule has 0 saturated carbocycles. The molecule has 0 aliphatic rings. The number of hydrogen-bond donors (Lipinski definition) is 0. The van der Waals surface area contributed by atoms with Crippen molar-refractivity contribution in [1.29, 1.82) is 0 Å². The highest BCUT2D eigenvalue weighted by Crippen LogP contribution is 2.44. The summed E-state index contributed by atoms with van der Waals surface area (Å²) in [6, 6.07) is 81.2. The predicted octanol–water partition coefficient (Wildman–Crippen LogP) is 15.9. The summed E-state index contributed by atoms with van der Waals surface area (Å²) in [5, 5.41) is 2.63. The molecule has 264 valence electrons. The molecular formula is C54H37NS. The van der Waals surface area contributed by atoms with Crippen molar-refractivity contribution < 1.29 is 0 Å². The van der Waals surface area contributed by atoms with E-state index in [0.717, 1.165) is 17.1 Å². The molecule has 1 nitrogen and oxygen atoms in total. The minimum Gasteiger partial charge on any atom is -0.311 e.